The van der Waals surface area contributed by atoms with Gasteiger partial charge in [0, 0.05) is 45.1 Å². The molecule has 0 unspecified atom stereocenters. The van der Waals surface area contributed by atoms with Gasteiger partial charge in [0.15, 0.2) is 0 Å². The third-order valence-corrected chi connectivity index (χ3v) is 6.25. The Balaban J connectivity index is 1.42. The third kappa shape index (κ3) is 4.68. The summed E-state index contributed by atoms with van der Waals surface area (Å²) in [4.78, 5) is 37.8. The summed E-state index contributed by atoms with van der Waals surface area (Å²) in [5.74, 6) is 1.64. The van der Waals surface area contributed by atoms with Crippen LogP contribution in [0.1, 0.15) is 48.3 Å². The van der Waals surface area contributed by atoms with E-state index < -0.39 is 0 Å². The van der Waals surface area contributed by atoms with Crippen LogP contribution in [0.2, 0.25) is 0 Å². The fourth-order valence-electron chi connectivity index (χ4n) is 4.38. The van der Waals surface area contributed by atoms with Gasteiger partial charge < -0.3 is 15.1 Å². The maximum absolute atomic E-state index is 13.1. The molecule has 0 aliphatic carbocycles. The van der Waals surface area contributed by atoms with E-state index in [-0.39, 0.29) is 30.0 Å². The Morgan fingerprint density at radius 3 is 2.45 bits per heavy atom. The largest absolute Gasteiger partial charge is 0.373 e. The molecule has 0 radical (unpaired) electrons. The number of benzene rings is 1. The molecule has 31 heavy (non-hydrogen) atoms. The van der Waals surface area contributed by atoms with Crippen molar-refractivity contribution in [3.05, 3.63) is 52.7 Å². The second-order valence-corrected chi connectivity index (χ2v) is 8.25. The molecule has 4 rings (SSSR count). The van der Waals surface area contributed by atoms with Crippen molar-refractivity contribution in [2.75, 3.05) is 32.0 Å². The quantitative estimate of drug-likeness (QED) is 0.814. The van der Waals surface area contributed by atoms with Crippen LogP contribution < -0.4 is 5.32 Å². The zero-order valence-electron chi connectivity index (χ0n) is 18.0. The molecular weight excluding hydrogens is 397 g/mol. The maximum atomic E-state index is 13.1. The highest BCUT2D eigenvalue weighted by Gasteiger charge is 2.29. The molecule has 3 heterocycles. The lowest BCUT2D eigenvalue weighted by Crippen LogP contribution is -2.39. The van der Waals surface area contributed by atoms with Crippen molar-refractivity contribution in [1.82, 2.24) is 19.8 Å². The van der Waals surface area contributed by atoms with Crippen molar-refractivity contribution >= 4 is 17.6 Å². The number of fused-ring (bicyclic) bond motifs is 1. The second kappa shape index (κ2) is 8.99. The number of amides is 2. The monoisotopic (exact) mass is 425 g/mol. The number of carbonyl (C=O) groups is 2. The number of rotatable bonds is 4. The van der Waals surface area contributed by atoms with Gasteiger partial charge in [0.05, 0.1) is 18.7 Å². The van der Waals surface area contributed by atoms with Gasteiger partial charge in [0.1, 0.15) is 17.5 Å². The Morgan fingerprint density at radius 2 is 1.81 bits per heavy atom. The molecular formula is C23H28FN5O2. The van der Waals surface area contributed by atoms with E-state index in [1.165, 1.54) is 12.1 Å². The summed E-state index contributed by atoms with van der Waals surface area (Å²) < 4.78 is 13.1. The highest BCUT2D eigenvalue weighted by Crippen LogP contribution is 2.30. The molecule has 2 aliphatic heterocycles. The number of halogens is 1. The van der Waals surface area contributed by atoms with Gasteiger partial charge in [0.25, 0.3) is 0 Å². The van der Waals surface area contributed by atoms with Crippen molar-refractivity contribution in [2.24, 2.45) is 0 Å². The van der Waals surface area contributed by atoms with Gasteiger partial charge in [-0.1, -0.05) is 12.1 Å². The molecule has 7 nitrogen and oxygen atoms in total. The number of hydrogen-bond acceptors (Lipinski definition) is 5. The molecule has 8 heteroatoms. The van der Waals surface area contributed by atoms with Crippen LogP contribution in [0.4, 0.5) is 10.2 Å². The van der Waals surface area contributed by atoms with Crippen LogP contribution in [0.25, 0.3) is 0 Å². The summed E-state index contributed by atoms with van der Waals surface area (Å²) in [6.07, 6.45) is 2.63. The summed E-state index contributed by atoms with van der Waals surface area (Å²) in [5.41, 5.74) is 2.83. The standard InChI is InChI=1S/C23H28FN5O2/c1-15(30)29-12-9-19-20(14-29)26-22(27-23(19)25-2)17-7-10-28(11-8-17)21(31)13-16-3-5-18(24)6-4-16/h3-6,17H,7-14H2,1-2H3,(H,25,26,27). The Kier molecular flexibility index (Phi) is 6.15. The average molecular weight is 426 g/mol. The first-order chi connectivity index (χ1) is 14.9. The van der Waals surface area contributed by atoms with Crippen LogP contribution >= 0.6 is 0 Å². The summed E-state index contributed by atoms with van der Waals surface area (Å²) in [6, 6.07) is 6.08. The summed E-state index contributed by atoms with van der Waals surface area (Å²) in [5, 5.41) is 3.19. The predicted octanol–water partition coefficient (Wildman–Crippen LogP) is 2.51. The molecule has 2 aromatic rings. The average Bonchev–Trinajstić information content (AvgIpc) is 2.79. The topological polar surface area (TPSA) is 78.4 Å². The van der Waals surface area contributed by atoms with E-state index in [2.05, 4.69) is 5.32 Å². The van der Waals surface area contributed by atoms with E-state index in [0.29, 0.717) is 26.2 Å². The van der Waals surface area contributed by atoms with Gasteiger partial charge in [-0.3, -0.25) is 9.59 Å². The molecule has 2 amide bonds. The van der Waals surface area contributed by atoms with Gasteiger partial charge >= 0.3 is 0 Å². The van der Waals surface area contributed by atoms with E-state index in [0.717, 1.165) is 47.7 Å². The van der Waals surface area contributed by atoms with Crippen molar-refractivity contribution in [3.63, 3.8) is 0 Å². The van der Waals surface area contributed by atoms with Crippen molar-refractivity contribution < 1.29 is 14.0 Å². The van der Waals surface area contributed by atoms with Gasteiger partial charge in [-0.2, -0.15) is 0 Å². The van der Waals surface area contributed by atoms with E-state index in [1.807, 2.05) is 16.8 Å². The van der Waals surface area contributed by atoms with Crippen LogP contribution in [0.3, 0.4) is 0 Å². The smallest absolute Gasteiger partial charge is 0.226 e. The third-order valence-electron chi connectivity index (χ3n) is 6.25. The SMILES string of the molecule is CNc1nc(C2CCN(C(=O)Cc3ccc(F)cc3)CC2)nc2c1CCN(C(C)=O)C2. The Hall–Kier alpha value is -3.03. The first-order valence-electron chi connectivity index (χ1n) is 10.8. The van der Waals surface area contributed by atoms with E-state index in [4.69, 9.17) is 9.97 Å². The fraction of sp³-hybridized carbons (Fsp3) is 0.478. The van der Waals surface area contributed by atoms with Crippen molar-refractivity contribution in [2.45, 2.75) is 45.1 Å². The molecule has 1 N–H and O–H groups in total. The zero-order chi connectivity index (χ0) is 22.0. The van der Waals surface area contributed by atoms with Crippen molar-refractivity contribution in [1.29, 1.82) is 0 Å². The van der Waals surface area contributed by atoms with Crippen LogP contribution in [0.5, 0.6) is 0 Å². The molecule has 1 aromatic heterocycles. The minimum Gasteiger partial charge on any atom is -0.373 e. The van der Waals surface area contributed by atoms with Crippen LogP contribution in [0.15, 0.2) is 24.3 Å². The van der Waals surface area contributed by atoms with Crippen LogP contribution in [-0.2, 0) is 29.0 Å². The molecule has 1 saturated heterocycles. The molecule has 1 fully saturated rings. The number of nitrogens with one attached hydrogen (secondary N) is 1. The van der Waals surface area contributed by atoms with E-state index >= 15 is 0 Å². The highest BCUT2D eigenvalue weighted by molar-refractivity contribution is 5.78. The number of carbonyl (C=O) groups excluding carboxylic acids is 2. The van der Waals surface area contributed by atoms with Crippen LogP contribution in [0, 0.1) is 5.82 Å². The molecule has 0 spiro atoms. The zero-order valence-corrected chi connectivity index (χ0v) is 18.0. The lowest BCUT2D eigenvalue weighted by Gasteiger charge is -2.33. The normalized spacial score (nSPS) is 16.7. The first-order valence-corrected chi connectivity index (χ1v) is 10.8. The number of likely N-dealkylation sites (tertiary alicyclic amines) is 1. The van der Waals surface area contributed by atoms with E-state index in [1.54, 1.807) is 19.1 Å². The number of nitrogens with zero attached hydrogens (tertiary/aromatic N) is 4. The van der Waals surface area contributed by atoms with Crippen molar-refractivity contribution in [3.8, 4) is 0 Å². The Morgan fingerprint density at radius 1 is 1.10 bits per heavy atom. The van der Waals surface area contributed by atoms with E-state index in [9.17, 15) is 14.0 Å². The number of anilines is 1. The number of aromatic nitrogens is 2. The molecule has 0 atom stereocenters. The molecule has 164 valence electrons. The van der Waals surface area contributed by atoms with Gasteiger partial charge in [-0.05, 0) is 37.0 Å². The summed E-state index contributed by atoms with van der Waals surface area (Å²) in [7, 11) is 1.86. The highest BCUT2D eigenvalue weighted by atomic mass is 19.1. The van der Waals surface area contributed by atoms with Gasteiger partial charge in [0.2, 0.25) is 11.8 Å². The molecule has 1 aromatic carbocycles. The molecule has 2 aliphatic rings. The minimum atomic E-state index is -0.297. The fourth-order valence-corrected chi connectivity index (χ4v) is 4.38. The number of piperidine rings is 1. The first kappa shape index (κ1) is 21.2. The maximum Gasteiger partial charge on any atom is 0.226 e. The Labute approximate surface area is 181 Å². The predicted molar refractivity (Wildman–Crippen MR) is 115 cm³/mol. The van der Waals surface area contributed by atoms with Crippen LogP contribution in [-0.4, -0.2) is 58.3 Å². The lowest BCUT2D eigenvalue weighted by molar-refractivity contribution is -0.131. The second-order valence-electron chi connectivity index (χ2n) is 8.25. The lowest BCUT2D eigenvalue weighted by atomic mass is 9.94. The van der Waals surface area contributed by atoms with Gasteiger partial charge in [-0.15, -0.1) is 0 Å². The summed E-state index contributed by atoms with van der Waals surface area (Å²) >= 11 is 0. The molecule has 0 bridgehead atoms. The minimum absolute atomic E-state index is 0.0597. The number of hydrogen-bond donors (Lipinski definition) is 1. The Bertz CT molecular complexity index is 971. The molecule has 0 saturated carbocycles. The van der Waals surface area contributed by atoms with Gasteiger partial charge in [-0.25, -0.2) is 14.4 Å². The summed E-state index contributed by atoms with van der Waals surface area (Å²) in [6.45, 7) is 4.10.